The fourth-order valence-corrected chi connectivity index (χ4v) is 3.91. The van der Waals surface area contributed by atoms with Gasteiger partial charge in [0, 0.05) is 13.1 Å². The van der Waals surface area contributed by atoms with Crippen LogP contribution in [-0.2, 0) is 10.0 Å². The highest BCUT2D eigenvalue weighted by Gasteiger charge is 2.22. The largest absolute Gasteiger partial charge is 0.495 e. The van der Waals surface area contributed by atoms with Gasteiger partial charge in [0.15, 0.2) is 0 Å². The second-order valence-corrected chi connectivity index (χ2v) is 7.10. The quantitative estimate of drug-likeness (QED) is 0.751. The van der Waals surface area contributed by atoms with E-state index >= 15 is 0 Å². The van der Waals surface area contributed by atoms with Crippen molar-refractivity contribution in [3.63, 3.8) is 0 Å². The summed E-state index contributed by atoms with van der Waals surface area (Å²) in [5.41, 5.74) is 7.79. The fourth-order valence-electron chi connectivity index (χ4n) is 2.42. The fraction of sp³-hybridized carbons (Fsp3) is 0.294. The summed E-state index contributed by atoms with van der Waals surface area (Å²) in [5.74, 6) is 0.678. The first-order chi connectivity index (χ1) is 11.4. The van der Waals surface area contributed by atoms with Gasteiger partial charge in [-0.1, -0.05) is 26.0 Å². The van der Waals surface area contributed by atoms with Crippen molar-refractivity contribution in [1.29, 1.82) is 0 Å². The number of rotatable bonds is 7. The predicted octanol–water partition coefficient (Wildman–Crippen LogP) is 3.05. The lowest BCUT2D eigenvalue weighted by atomic mass is 10.2. The summed E-state index contributed by atoms with van der Waals surface area (Å²) in [6.07, 6.45) is 0. The van der Waals surface area contributed by atoms with E-state index in [1.807, 2.05) is 38.1 Å². The van der Waals surface area contributed by atoms with Crippen LogP contribution in [0.3, 0.4) is 0 Å². The van der Waals surface area contributed by atoms with Crippen molar-refractivity contribution in [3.8, 4) is 5.75 Å². The first-order valence-electron chi connectivity index (χ1n) is 7.73. The number of nitrogens with two attached hydrogens (primary N) is 1. The number of nitrogens with one attached hydrogen (secondary N) is 1. The Morgan fingerprint density at radius 1 is 1.08 bits per heavy atom. The zero-order valence-electron chi connectivity index (χ0n) is 14.1. The van der Waals surface area contributed by atoms with Gasteiger partial charge in [-0.15, -0.1) is 0 Å². The van der Waals surface area contributed by atoms with Crippen LogP contribution in [0.25, 0.3) is 0 Å². The standard InChI is InChI=1S/C17H23N3O3S/c1-4-20(5-2)24(21,22)13-10-11-15(14(18)12-13)19-16-8-6-7-9-17(16)23-3/h6-12,19H,4-5,18H2,1-3H3. The van der Waals surface area contributed by atoms with E-state index in [1.165, 1.54) is 10.4 Å². The van der Waals surface area contributed by atoms with Crippen molar-refractivity contribution in [2.45, 2.75) is 18.7 Å². The Kier molecular flexibility index (Phi) is 5.69. The third-order valence-electron chi connectivity index (χ3n) is 3.74. The van der Waals surface area contributed by atoms with Gasteiger partial charge in [0.05, 0.1) is 29.1 Å². The molecule has 2 rings (SSSR count). The van der Waals surface area contributed by atoms with Crippen LogP contribution in [-0.4, -0.2) is 32.9 Å². The highest BCUT2D eigenvalue weighted by atomic mass is 32.2. The van der Waals surface area contributed by atoms with E-state index in [-0.39, 0.29) is 4.90 Å². The molecule has 7 heteroatoms. The summed E-state index contributed by atoms with van der Waals surface area (Å²) in [6.45, 7) is 4.45. The minimum absolute atomic E-state index is 0.189. The Morgan fingerprint density at radius 3 is 2.33 bits per heavy atom. The number of sulfonamides is 1. The smallest absolute Gasteiger partial charge is 0.243 e. The molecule has 0 bridgehead atoms. The highest BCUT2D eigenvalue weighted by Crippen LogP contribution is 2.31. The second-order valence-electron chi connectivity index (χ2n) is 5.16. The number of para-hydroxylation sites is 2. The first-order valence-corrected chi connectivity index (χ1v) is 9.17. The van der Waals surface area contributed by atoms with Crippen molar-refractivity contribution >= 4 is 27.1 Å². The molecule has 0 unspecified atom stereocenters. The third-order valence-corrected chi connectivity index (χ3v) is 5.79. The van der Waals surface area contributed by atoms with E-state index in [4.69, 9.17) is 10.5 Å². The summed E-state index contributed by atoms with van der Waals surface area (Å²) in [5, 5.41) is 3.17. The molecule has 0 spiro atoms. The predicted molar refractivity (Wildman–Crippen MR) is 97.2 cm³/mol. The minimum atomic E-state index is -3.53. The summed E-state index contributed by atoms with van der Waals surface area (Å²) in [4.78, 5) is 0.189. The lowest BCUT2D eigenvalue weighted by Gasteiger charge is -2.19. The normalized spacial score (nSPS) is 11.5. The van der Waals surface area contributed by atoms with Crippen LogP contribution in [0.15, 0.2) is 47.4 Å². The van der Waals surface area contributed by atoms with Crippen molar-refractivity contribution in [3.05, 3.63) is 42.5 Å². The molecule has 3 N–H and O–H groups in total. The van der Waals surface area contributed by atoms with Gasteiger partial charge in [-0.25, -0.2) is 8.42 Å². The molecule has 0 aliphatic carbocycles. The van der Waals surface area contributed by atoms with Crippen LogP contribution >= 0.6 is 0 Å². The molecule has 6 nitrogen and oxygen atoms in total. The minimum Gasteiger partial charge on any atom is -0.495 e. The number of benzene rings is 2. The second kappa shape index (κ2) is 7.55. The summed E-state index contributed by atoms with van der Waals surface area (Å²) >= 11 is 0. The van der Waals surface area contributed by atoms with Gasteiger partial charge in [-0.3, -0.25) is 0 Å². The molecule has 0 aliphatic rings. The number of anilines is 3. The Morgan fingerprint density at radius 2 is 1.75 bits per heavy atom. The van der Waals surface area contributed by atoms with Crippen LogP contribution in [0.2, 0.25) is 0 Å². The molecule has 0 saturated carbocycles. The van der Waals surface area contributed by atoms with Crippen LogP contribution in [0.4, 0.5) is 17.1 Å². The average molecular weight is 349 g/mol. The Labute approximate surface area is 143 Å². The van der Waals surface area contributed by atoms with Gasteiger partial charge >= 0.3 is 0 Å². The number of methoxy groups -OCH3 is 1. The van der Waals surface area contributed by atoms with E-state index in [0.717, 1.165) is 5.69 Å². The molecule has 0 radical (unpaired) electrons. The molecule has 0 heterocycles. The maximum absolute atomic E-state index is 12.5. The molecule has 0 atom stereocenters. The van der Waals surface area contributed by atoms with E-state index in [2.05, 4.69) is 5.32 Å². The molecule has 2 aromatic rings. The maximum Gasteiger partial charge on any atom is 0.243 e. The van der Waals surface area contributed by atoms with Gasteiger partial charge in [0.2, 0.25) is 10.0 Å². The first kappa shape index (κ1) is 18.1. The van der Waals surface area contributed by atoms with Gasteiger partial charge < -0.3 is 15.8 Å². The van der Waals surface area contributed by atoms with Crippen LogP contribution in [0.1, 0.15) is 13.8 Å². The number of nitrogen functional groups attached to an aromatic ring is 1. The molecule has 0 aromatic heterocycles. The number of ether oxygens (including phenoxy) is 1. The molecule has 0 fully saturated rings. The summed E-state index contributed by atoms with van der Waals surface area (Å²) < 4.78 is 31.8. The number of nitrogens with zero attached hydrogens (tertiary/aromatic N) is 1. The molecule has 130 valence electrons. The molecule has 24 heavy (non-hydrogen) atoms. The molecular formula is C17H23N3O3S. The molecule has 0 saturated heterocycles. The third kappa shape index (κ3) is 3.63. The Bertz CT molecular complexity index is 802. The van der Waals surface area contributed by atoms with Crippen molar-refractivity contribution in [2.75, 3.05) is 31.2 Å². The summed E-state index contributed by atoms with van der Waals surface area (Å²) in [7, 11) is -1.94. The van der Waals surface area contributed by atoms with Gasteiger partial charge in [-0.2, -0.15) is 4.31 Å². The average Bonchev–Trinajstić information content (AvgIpc) is 2.58. The molecular weight excluding hydrogens is 326 g/mol. The lowest BCUT2D eigenvalue weighted by molar-refractivity contribution is 0.417. The molecule has 0 aliphatic heterocycles. The summed E-state index contributed by atoms with van der Waals surface area (Å²) in [6, 6.07) is 12.1. The lowest BCUT2D eigenvalue weighted by Crippen LogP contribution is -2.30. The van der Waals surface area contributed by atoms with Crippen LogP contribution < -0.4 is 15.8 Å². The van der Waals surface area contributed by atoms with Gasteiger partial charge in [0.25, 0.3) is 0 Å². The van der Waals surface area contributed by atoms with Crippen molar-refractivity contribution in [2.24, 2.45) is 0 Å². The van der Waals surface area contributed by atoms with Crippen molar-refractivity contribution < 1.29 is 13.2 Å². The topological polar surface area (TPSA) is 84.7 Å². The van der Waals surface area contributed by atoms with E-state index in [9.17, 15) is 8.42 Å². The number of hydrogen-bond donors (Lipinski definition) is 2. The van der Waals surface area contributed by atoms with Gasteiger partial charge in [0.1, 0.15) is 5.75 Å². The maximum atomic E-state index is 12.5. The van der Waals surface area contributed by atoms with E-state index in [1.54, 1.807) is 19.2 Å². The zero-order chi connectivity index (χ0) is 17.7. The number of hydrogen-bond acceptors (Lipinski definition) is 5. The molecule has 0 amide bonds. The monoisotopic (exact) mass is 349 g/mol. The molecule has 2 aromatic carbocycles. The van der Waals surface area contributed by atoms with Gasteiger partial charge in [-0.05, 0) is 30.3 Å². The van der Waals surface area contributed by atoms with Crippen LogP contribution in [0.5, 0.6) is 5.75 Å². The Hall–Kier alpha value is -2.25. The van der Waals surface area contributed by atoms with E-state index in [0.29, 0.717) is 30.2 Å². The van der Waals surface area contributed by atoms with Crippen molar-refractivity contribution in [1.82, 2.24) is 4.31 Å². The highest BCUT2D eigenvalue weighted by molar-refractivity contribution is 7.89. The zero-order valence-corrected chi connectivity index (χ0v) is 14.9. The SMILES string of the molecule is CCN(CC)S(=O)(=O)c1ccc(Nc2ccccc2OC)c(N)c1. The van der Waals surface area contributed by atoms with E-state index < -0.39 is 10.0 Å². The van der Waals surface area contributed by atoms with Crippen LogP contribution in [0, 0.1) is 0 Å². The Balaban J connectivity index is 2.34.